The van der Waals surface area contributed by atoms with E-state index in [9.17, 15) is 9.59 Å². The van der Waals surface area contributed by atoms with Crippen LogP contribution in [0.25, 0.3) is 0 Å². The number of likely N-dealkylation sites (tertiary alicyclic amines) is 1. The summed E-state index contributed by atoms with van der Waals surface area (Å²) in [5.74, 6) is 0.0933. The minimum absolute atomic E-state index is 0.0933. The van der Waals surface area contributed by atoms with E-state index >= 15 is 0 Å². The highest BCUT2D eigenvalue weighted by Crippen LogP contribution is 2.29. The molecule has 1 aliphatic carbocycles. The third-order valence-corrected chi connectivity index (χ3v) is 6.27. The van der Waals surface area contributed by atoms with Gasteiger partial charge in [-0.05, 0) is 56.7 Å². The topological polar surface area (TPSA) is 64.7 Å². The fraction of sp³-hybridized carbons (Fsp3) is 0.636. The number of nitrogens with zero attached hydrogens (tertiary/aromatic N) is 2. The molecule has 0 radical (unpaired) electrons. The van der Waals surface area contributed by atoms with Gasteiger partial charge in [-0.3, -0.25) is 4.79 Å². The van der Waals surface area contributed by atoms with Gasteiger partial charge in [0.1, 0.15) is 0 Å². The van der Waals surface area contributed by atoms with E-state index in [-0.39, 0.29) is 18.0 Å². The van der Waals surface area contributed by atoms with Crippen LogP contribution in [0.3, 0.4) is 0 Å². The predicted molar refractivity (Wildman–Crippen MR) is 112 cm³/mol. The van der Waals surface area contributed by atoms with Crippen LogP contribution in [0.15, 0.2) is 18.2 Å². The Balaban J connectivity index is 1.50. The van der Waals surface area contributed by atoms with Crippen LogP contribution in [0.5, 0.6) is 0 Å². The summed E-state index contributed by atoms with van der Waals surface area (Å²) in [6.45, 7) is 3.65. The molecule has 0 aromatic heterocycles. The molecule has 3 aliphatic rings. The maximum atomic E-state index is 13.2. The number of hydrogen-bond acceptors (Lipinski definition) is 3. The number of carbonyl (C=O) groups excluding carboxylic acids is 2. The van der Waals surface area contributed by atoms with Crippen LogP contribution in [-0.4, -0.2) is 49.1 Å². The molecule has 3 amide bonds. The van der Waals surface area contributed by atoms with Gasteiger partial charge in [0, 0.05) is 43.6 Å². The number of hydrogen-bond donors (Lipinski definition) is 2. The maximum absolute atomic E-state index is 13.2. The first-order valence-electron chi connectivity index (χ1n) is 11.0. The molecule has 28 heavy (non-hydrogen) atoms. The van der Waals surface area contributed by atoms with Gasteiger partial charge in [0.15, 0.2) is 0 Å². The second-order valence-corrected chi connectivity index (χ2v) is 8.36. The average Bonchev–Trinajstić information content (AvgIpc) is 3.42. The Morgan fingerprint density at radius 1 is 0.857 bits per heavy atom. The zero-order chi connectivity index (χ0) is 19.3. The molecule has 1 aromatic rings. The van der Waals surface area contributed by atoms with Crippen molar-refractivity contribution in [2.24, 2.45) is 0 Å². The zero-order valence-corrected chi connectivity index (χ0v) is 16.7. The fourth-order valence-electron chi connectivity index (χ4n) is 4.71. The molecular formula is C22H32N4O2. The lowest BCUT2D eigenvalue weighted by atomic mass is 9.96. The van der Waals surface area contributed by atoms with E-state index in [1.165, 1.54) is 32.1 Å². The minimum Gasteiger partial charge on any atom is -0.371 e. The quantitative estimate of drug-likeness (QED) is 0.825. The molecule has 152 valence electrons. The van der Waals surface area contributed by atoms with Gasteiger partial charge in [0.2, 0.25) is 0 Å². The highest BCUT2D eigenvalue weighted by molar-refractivity contribution is 6.02. The van der Waals surface area contributed by atoms with Crippen LogP contribution in [0.2, 0.25) is 0 Å². The summed E-state index contributed by atoms with van der Waals surface area (Å²) < 4.78 is 0. The summed E-state index contributed by atoms with van der Waals surface area (Å²) in [5, 5.41) is 6.04. The lowest BCUT2D eigenvalue weighted by Crippen LogP contribution is -2.39. The molecule has 3 fully saturated rings. The van der Waals surface area contributed by atoms with Gasteiger partial charge >= 0.3 is 6.03 Å². The predicted octanol–water partition coefficient (Wildman–Crippen LogP) is 3.98. The number of nitrogens with one attached hydrogen (secondary N) is 2. The van der Waals surface area contributed by atoms with Crippen LogP contribution in [0.4, 0.5) is 16.2 Å². The number of rotatable bonds is 4. The number of amides is 3. The Hall–Kier alpha value is -2.24. The summed E-state index contributed by atoms with van der Waals surface area (Å²) in [6, 6.07) is 5.90. The standard InChI is InChI=1S/C22H32N4O2/c27-21(26-14-6-7-15-26)19-16-18(10-11-20(19)25-12-4-5-13-25)24-22(28)23-17-8-2-1-3-9-17/h10-11,16-17H,1-9,12-15H2,(H2,23,24,28). The highest BCUT2D eigenvalue weighted by Gasteiger charge is 2.26. The first-order chi connectivity index (χ1) is 13.7. The molecule has 6 nitrogen and oxygen atoms in total. The Labute approximate surface area is 167 Å². The van der Waals surface area contributed by atoms with E-state index in [4.69, 9.17) is 0 Å². The van der Waals surface area contributed by atoms with E-state index in [0.29, 0.717) is 5.69 Å². The number of benzene rings is 1. The summed E-state index contributed by atoms with van der Waals surface area (Å²) >= 11 is 0. The van der Waals surface area contributed by atoms with E-state index in [2.05, 4.69) is 15.5 Å². The second-order valence-electron chi connectivity index (χ2n) is 8.36. The third kappa shape index (κ3) is 4.42. The molecule has 2 aliphatic heterocycles. The third-order valence-electron chi connectivity index (χ3n) is 6.27. The Morgan fingerprint density at radius 2 is 1.54 bits per heavy atom. The first-order valence-corrected chi connectivity index (χ1v) is 11.0. The number of anilines is 2. The first kappa shape index (κ1) is 19.1. The molecular weight excluding hydrogens is 352 g/mol. The van der Waals surface area contributed by atoms with Crippen molar-refractivity contribution in [1.29, 1.82) is 0 Å². The monoisotopic (exact) mass is 384 g/mol. The minimum atomic E-state index is -0.166. The molecule has 0 bridgehead atoms. The van der Waals surface area contributed by atoms with E-state index in [1.807, 2.05) is 23.1 Å². The van der Waals surface area contributed by atoms with Crippen molar-refractivity contribution in [1.82, 2.24) is 10.2 Å². The number of carbonyl (C=O) groups is 2. The fourth-order valence-corrected chi connectivity index (χ4v) is 4.71. The Bertz CT molecular complexity index is 702. The van der Waals surface area contributed by atoms with Gasteiger partial charge in [0.05, 0.1) is 5.56 Å². The Morgan fingerprint density at radius 3 is 2.25 bits per heavy atom. The zero-order valence-electron chi connectivity index (χ0n) is 16.7. The molecule has 2 N–H and O–H groups in total. The molecule has 1 saturated carbocycles. The smallest absolute Gasteiger partial charge is 0.319 e. The van der Waals surface area contributed by atoms with Crippen molar-refractivity contribution in [3.63, 3.8) is 0 Å². The molecule has 6 heteroatoms. The van der Waals surface area contributed by atoms with Crippen LogP contribution in [0, 0.1) is 0 Å². The largest absolute Gasteiger partial charge is 0.371 e. The second kappa shape index (κ2) is 8.84. The van der Waals surface area contributed by atoms with Crippen molar-refractivity contribution in [2.75, 3.05) is 36.4 Å². The van der Waals surface area contributed by atoms with Gasteiger partial charge < -0.3 is 20.4 Å². The average molecular weight is 385 g/mol. The van der Waals surface area contributed by atoms with E-state index in [1.54, 1.807) is 0 Å². The van der Waals surface area contributed by atoms with E-state index in [0.717, 1.165) is 63.1 Å². The summed E-state index contributed by atoms with van der Waals surface area (Å²) in [5.41, 5.74) is 2.42. The van der Waals surface area contributed by atoms with Crippen molar-refractivity contribution in [2.45, 2.75) is 63.8 Å². The SMILES string of the molecule is O=C(Nc1ccc(N2CCCC2)c(C(=O)N2CCCC2)c1)NC1CCCCC1. The van der Waals surface area contributed by atoms with Crippen molar-refractivity contribution in [3.8, 4) is 0 Å². The van der Waals surface area contributed by atoms with Gasteiger partial charge in [-0.15, -0.1) is 0 Å². The van der Waals surface area contributed by atoms with Gasteiger partial charge in [0.25, 0.3) is 5.91 Å². The van der Waals surface area contributed by atoms with Gasteiger partial charge in [-0.25, -0.2) is 4.79 Å². The lowest BCUT2D eigenvalue weighted by Gasteiger charge is -2.25. The van der Waals surface area contributed by atoms with Crippen molar-refractivity contribution < 1.29 is 9.59 Å². The normalized spacial score (nSPS) is 20.4. The molecule has 4 rings (SSSR count). The van der Waals surface area contributed by atoms with Crippen LogP contribution in [-0.2, 0) is 0 Å². The van der Waals surface area contributed by atoms with E-state index < -0.39 is 0 Å². The van der Waals surface area contributed by atoms with Crippen molar-refractivity contribution in [3.05, 3.63) is 23.8 Å². The van der Waals surface area contributed by atoms with Crippen LogP contribution >= 0.6 is 0 Å². The Kier molecular flexibility index (Phi) is 6.03. The van der Waals surface area contributed by atoms with Crippen LogP contribution < -0.4 is 15.5 Å². The molecule has 2 heterocycles. The maximum Gasteiger partial charge on any atom is 0.319 e. The molecule has 0 spiro atoms. The number of urea groups is 1. The van der Waals surface area contributed by atoms with Gasteiger partial charge in [-0.2, -0.15) is 0 Å². The highest BCUT2D eigenvalue weighted by atomic mass is 16.2. The van der Waals surface area contributed by atoms with Crippen molar-refractivity contribution >= 4 is 23.3 Å². The summed E-state index contributed by atoms with van der Waals surface area (Å²) in [7, 11) is 0. The molecule has 0 atom stereocenters. The summed E-state index contributed by atoms with van der Waals surface area (Å²) in [6.07, 6.45) is 10.2. The molecule has 1 aromatic carbocycles. The summed E-state index contributed by atoms with van der Waals surface area (Å²) in [4.78, 5) is 29.8. The van der Waals surface area contributed by atoms with Gasteiger partial charge in [-0.1, -0.05) is 19.3 Å². The van der Waals surface area contributed by atoms with Crippen LogP contribution in [0.1, 0.15) is 68.1 Å². The lowest BCUT2D eigenvalue weighted by molar-refractivity contribution is 0.0793. The molecule has 2 saturated heterocycles. The molecule has 0 unspecified atom stereocenters.